The van der Waals surface area contributed by atoms with E-state index in [0.29, 0.717) is 0 Å². The molecule has 15 heavy (non-hydrogen) atoms. The molecule has 0 atom stereocenters. The second-order valence-corrected chi connectivity index (χ2v) is 4.71. The molecule has 0 aromatic heterocycles. The first-order chi connectivity index (χ1) is 6.74. The summed E-state index contributed by atoms with van der Waals surface area (Å²) in [5.74, 6) is -0.682. The molecule has 0 N–H and O–H groups in total. The van der Waals surface area contributed by atoms with E-state index in [1.54, 1.807) is 13.8 Å². The second kappa shape index (κ2) is 5.73. The van der Waals surface area contributed by atoms with Gasteiger partial charge in [0.25, 0.3) is 0 Å². The molecule has 0 amide bonds. The summed E-state index contributed by atoms with van der Waals surface area (Å²) >= 11 is 0. The van der Waals surface area contributed by atoms with Gasteiger partial charge in [0.1, 0.15) is 0 Å². The van der Waals surface area contributed by atoms with E-state index < -0.39 is 0 Å². The van der Waals surface area contributed by atoms with E-state index in [-0.39, 0.29) is 36.5 Å². The van der Waals surface area contributed by atoms with Gasteiger partial charge in [-0.1, -0.05) is 27.7 Å². The van der Waals surface area contributed by atoms with Gasteiger partial charge in [-0.15, -0.1) is 0 Å². The monoisotopic (exact) mass is 216 g/mol. The Labute approximate surface area is 90.9 Å². The summed E-state index contributed by atoms with van der Waals surface area (Å²) in [6.45, 7) is 9.19. The second-order valence-electron chi connectivity index (χ2n) is 4.71. The van der Waals surface area contributed by atoms with Crippen LogP contribution in [-0.4, -0.2) is 25.2 Å². The highest BCUT2D eigenvalue weighted by Gasteiger charge is 2.22. The highest BCUT2D eigenvalue weighted by atomic mass is 16.5. The van der Waals surface area contributed by atoms with Crippen LogP contribution in [0, 0.1) is 11.3 Å². The fourth-order valence-corrected chi connectivity index (χ4v) is 0.772. The van der Waals surface area contributed by atoms with Crippen molar-refractivity contribution in [2.75, 3.05) is 13.2 Å². The minimum Gasteiger partial charge on any atom is -0.465 e. The number of hydrogen-bond donors (Lipinski definition) is 0. The van der Waals surface area contributed by atoms with E-state index in [1.807, 2.05) is 13.8 Å². The van der Waals surface area contributed by atoms with E-state index in [0.717, 1.165) is 0 Å². The van der Waals surface area contributed by atoms with E-state index in [2.05, 4.69) is 0 Å². The van der Waals surface area contributed by atoms with Crippen LogP contribution in [0.1, 0.15) is 34.6 Å². The Kier molecular flexibility index (Phi) is 5.33. The first kappa shape index (κ1) is 13.9. The lowest BCUT2D eigenvalue weighted by molar-refractivity contribution is -0.154. The molecule has 0 aromatic carbocycles. The Morgan fingerprint density at radius 1 is 1.13 bits per heavy atom. The molecule has 0 aromatic rings. The number of ether oxygens (including phenoxy) is 2. The fraction of sp³-hybridized carbons (Fsp3) is 0.818. The van der Waals surface area contributed by atoms with Gasteiger partial charge < -0.3 is 9.47 Å². The summed E-state index contributed by atoms with van der Waals surface area (Å²) < 4.78 is 9.94. The van der Waals surface area contributed by atoms with Gasteiger partial charge in [0.2, 0.25) is 0 Å². The molecular formula is C11H20O4. The molecule has 4 heteroatoms. The van der Waals surface area contributed by atoms with E-state index >= 15 is 0 Å². The zero-order valence-corrected chi connectivity index (χ0v) is 10.1. The zero-order valence-electron chi connectivity index (χ0n) is 10.1. The Morgan fingerprint density at radius 3 is 2.00 bits per heavy atom. The number of esters is 2. The average Bonchev–Trinajstić information content (AvgIpc) is 2.11. The van der Waals surface area contributed by atoms with Crippen LogP contribution < -0.4 is 0 Å². The van der Waals surface area contributed by atoms with Gasteiger partial charge in [-0.05, 0) is 0 Å². The topological polar surface area (TPSA) is 52.6 Å². The van der Waals surface area contributed by atoms with Crippen LogP contribution in [-0.2, 0) is 19.1 Å². The Hall–Kier alpha value is -1.06. The molecule has 0 unspecified atom stereocenters. The zero-order chi connectivity index (χ0) is 12.1. The minimum atomic E-state index is -0.337. The van der Waals surface area contributed by atoms with Gasteiger partial charge in [0.05, 0.1) is 19.1 Å². The van der Waals surface area contributed by atoms with Gasteiger partial charge in [0.15, 0.2) is 0 Å². The number of rotatable bonds is 5. The van der Waals surface area contributed by atoms with Crippen LogP contribution in [0.3, 0.4) is 0 Å². The SMILES string of the molecule is CC(=O)OCC(C)(C)COC(=O)C(C)C. The lowest BCUT2D eigenvalue weighted by Gasteiger charge is -2.23. The third kappa shape index (κ3) is 6.94. The largest absolute Gasteiger partial charge is 0.465 e. The summed E-state index contributed by atoms with van der Waals surface area (Å²) in [7, 11) is 0. The van der Waals surface area contributed by atoms with Crippen molar-refractivity contribution in [2.24, 2.45) is 11.3 Å². The van der Waals surface area contributed by atoms with E-state index in [4.69, 9.17) is 9.47 Å². The van der Waals surface area contributed by atoms with Gasteiger partial charge in [-0.25, -0.2) is 0 Å². The Morgan fingerprint density at radius 2 is 1.60 bits per heavy atom. The van der Waals surface area contributed by atoms with Gasteiger partial charge in [-0.2, -0.15) is 0 Å². The van der Waals surface area contributed by atoms with Crippen molar-refractivity contribution in [3.8, 4) is 0 Å². The summed E-state index contributed by atoms with van der Waals surface area (Å²) in [6.07, 6.45) is 0. The Bertz CT molecular complexity index is 231. The number of carbonyl (C=O) groups excluding carboxylic acids is 2. The van der Waals surface area contributed by atoms with Crippen molar-refractivity contribution in [3.63, 3.8) is 0 Å². The number of carbonyl (C=O) groups is 2. The van der Waals surface area contributed by atoms with Crippen LogP contribution in [0.5, 0.6) is 0 Å². The summed E-state index contributed by atoms with van der Waals surface area (Å²) in [5.41, 5.74) is -0.337. The maximum absolute atomic E-state index is 11.2. The first-order valence-corrected chi connectivity index (χ1v) is 5.04. The molecule has 0 aliphatic heterocycles. The molecule has 0 aliphatic carbocycles. The lowest BCUT2D eigenvalue weighted by atomic mass is 9.96. The fourth-order valence-electron chi connectivity index (χ4n) is 0.772. The smallest absolute Gasteiger partial charge is 0.308 e. The Balaban J connectivity index is 3.93. The molecule has 0 radical (unpaired) electrons. The van der Waals surface area contributed by atoms with E-state index in [9.17, 15) is 9.59 Å². The molecule has 0 fully saturated rings. The van der Waals surface area contributed by atoms with Gasteiger partial charge >= 0.3 is 11.9 Å². The third-order valence-electron chi connectivity index (χ3n) is 1.74. The number of hydrogen-bond acceptors (Lipinski definition) is 4. The molecule has 0 spiro atoms. The summed E-state index contributed by atoms with van der Waals surface area (Å²) in [6, 6.07) is 0. The standard InChI is InChI=1S/C11H20O4/c1-8(2)10(13)15-7-11(4,5)6-14-9(3)12/h8H,6-7H2,1-5H3. The molecule has 0 saturated carbocycles. The van der Waals surface area contributed by atoms with Crippen molar-refractivity contribution in [1.29, 1.82) is 0 Å². The van der Waals surface area contributed by atoms with Crippen LogP contribution >= 0.6 is 0 Å². The molecule has 0 aliphatic rings. The maximum atomic E-state index is 11.2. The van der Waals surface area contributed by atoms with Crippen molar-refractivity contribution in [2.45, 2.75) is 34.6 Å². The maximum Gasteiger partial charge on any atom is 0.308 e. The lowest BCUT2D eigenvalue weighted by Crippen LogP contribution is -2.29. The summed E-state index contributed by atoms with van der Waals surface area (Å²) in [4.78, 5) is 21.8. The van der Waals surface area contributed by atoms with Crippen LogP contribution in [0.15, 0.2) is 0 Å². The molecule has 88 valence electrons. The normalized spacial score (nSPS) is 11.3. The van der Waals surface area contributed by atoms with Crippen molar-refractivity contribution in [3.05, 3.63) is 0 Å². The molecule has 0 bridgehead atoms. The summed E-state index contributed by atoms with van der Waals surface area (Å²) in [5, 5.41) is 0. The highest BCUT2D eigenvalue weighted by Crippen LogP contribution is 2.16. The molecule has 0 saturated heterocycles. The van der Waals surface area contributed by atoms with Crippen molar-refractivity contribution in [1.82, 2.24) is 0 Å². The molecule has 4 nitrogen and oxygen atoms in total. The predicted molar refractivity (Wildman–Crippen MR) is 56.2 cm³/mol. The third-order valence-corrected chi connectivity index (χ3v) is 1.74. The minimum absolute atomic E-state index is 0.130. The average molecular weight is 216 g/mol. The van der Waals surface area contributed by atoms with Crippen LogP contribution in [0.4, 0.5) is 0 Å². The molecule has 0 heterocycles. The van der Waals surface area contributed by atoms with Crippen molar-refractivity contribution >= 4 is 11.9 Å². The highest BCUT2D eigenvalue weighted by molar-refractivity contribution is 5.71. The molecular weight excluding hydrogens is 196 g/mol. The van der Waals surface area contributed by atoms with E-state index in [1.165, 1.54) is 6.92 Å². The predicted octanol–water partition coefficient (Wildman–Crippen LogP) is 1.77. The van der Waals surface area contributed by atoms with Crippen LogP contribution in [0.25, 0.3) is 0 Å². The molecule has 0 rings (SSSR count). The first-order valence-electron chi connectivity index (χ1n) is 5.04. The van der Waals surface area contributed by atoms with Crippen LogP contribution in [0.2, 0.25) is 0 Å². The van der Waals surface area contributed by atoms with Crippen molar-refractivity contribution < 1.29 is 19.1 Å². The quantitative estimate of drug-likeness (QED) is 0.657. The van der Waals surface area contributed by atoms with Gasteiger partial charge in [-0.3, -0.25) is 9.59 Å². The van der Waals surface area contributed by atoms with Gasteiger partial charge in [0, 0.05) is 12.3 Å².